The molecule has 0 unspecified atom stereocenters. The lowest BCUT2D eigenvalue weighted by molar-refractivity contribution is -0.183. The highest BCUT2D eigenvalue weighted by Crippen LogP contribution is 2.54. The number of hydrogen-bond donors (Lipinski definition) is 2. The molecule has 6 nitrogen and oxygen atoms in total. The van der Waals surface area contributed by atoms with Gasteiger partial charge in [0.15, 0.2) is 0 Å². The van der Waals surface area contributed by atoms with E-state index in [0.29, 0.717) is 26.2 Å². The standard InChI is InChI=1S/C22H28N4O2/c1-2-11-24-21(28)25-15-22(16-25)20(17-8-4-3-5-9-17)19(14-27)26(22)13-18-10-6-7-12-23-18/h3-10,12,19-20,27H,2,11,13-16H2,1H3,(H,24,28)/t19-,20-/m1/s1. The van der Waals surface area contributed by atoms with E-state index in [9.17, 15) is 9.90 Å². The molecule has 6 heteroatoms. The van der Waals surface area contributed by atoms with Crippen LogP contribution in [0.1, 0.15) is 30.5 Å². The monoisotopic (exact) mass is 380 g/mol. The molecule has 2 N–H and O–H groups in total. The van der Waals surface area contributed by atoms with E-state index in [1.54, 1.807) is 6.20 Å². The zero-order valence-corrected chi connectivity index (χ0v) is 16.3. The molecule has 2 amide bonds. The van der Waals surface area contributed by atoms with Crippen LogP contribution >= 0.6 is 0 Å². The van der Waals surface area contributed by atoms with Crippen molar-refractivity contribution in [2.75, 3.05) is 26.2 Å². The van der Waals surface area contributed by atoms with E-state index in [2.05, 4.69) is 34.3 Å². The average Bonchev–Trinajstić information content (AvgIpc) is 2.70. The van der Waals surface area contributed by atoms with Gasteiger partial charge >= 0.3 is 6.03 Å². The maximum atomic E-state index is 12.4. The van der Waals surface area contributed by atoms with Crippen molar-refractivity contribution in [3.8, 4) is 0 Å². The molecule has 28 heavy (non-hydrogen) atoms. The van der Waals surface area contributed by atoms with E-state index >= 15 is 0 Å². The van der Waals surface area contributed by atoms with Crippen molar-refractivity contribution < 1.29 is 9.90 Å². The maximum Gasteiger partial charge on any atom is 0.317 e. The number of pyridine rings is 1. The van der Waals surface area contributed by atoms with Crippen molar-refractivity contribution in [3.63, 3.8) is 0 Å². The lowest BCUT2D eigenvalue weighted by atomic mass is 9.60. The summed E-state index contributed by atoms with van der Waals surface area (Å²) in [5, 5.41) is 13.1. The predicted octanol–water partition coefficient (Wildman–Crippen LogP) is 2.22. The van der Waals surface area contributed by atoms with Crippen molar-refractivity contribution in [3.05, 3.63) is 66.0 Å². The van der Waals surface area contributed by atoms with Crippen molar-refractivity contribution in [2.24, 2.45) is 0 Å². The van der Waals surface area contributed by atoms with Crippen LogP contribution in [0.15, 0.2) is 54.7 Å². The minimum Gasteiger partial charge on any atom is -0.395 e. The minimum absolute atomic E-state index is 0.00419. The number of hydrogen-bond acceptors (Lipinski definition) is 4. The average molecular weight is 380 g/mol. The highest BCUT2D eigenvalue weighted by atomic mass is 16.3. The molecule has 1 spiro atoms. The first kappa shape index (κ1) is 18.9. The molecule has 1 aromatic heterocycles. The van der Waals surface area contributed by atoms with Crippen LogP contribution in [0.25, 0.3) is 0 Å². The first-order valence-electron chi connectivity index (χ1n) is 10.0. The molecule has 3 heterocycles. The second-order valence-corrected chi connectivity index (χ2v) is 7.78. The Kier molecular flexibility index (Phi) is 5.33. The molecule has 2 atom stereocenters. The molecule has 2 aliphatic heterocycles. The van der Waals surface area contributed by atoms with Crippen LogP contribution in [0, 0.1) is 0 Å². The summed E-state index contributed by atoms with van der Waals surface area (Å²) in [5.41, 5.74) is 2.07. The Balaban J connectivity index is 1.58. The molecule has 2 fully saturated rings. The Bertz CT molecular complexity index is 793. The summed E-state index contributed by atoms with van der Waals surface area (Å²) in [6.07, 6.45) is 2.73. The number of aromatic nitrogens is 1. The molecule has 2 aliphatic rings. The van der Waals surface area contributed by atoms with E-state index in [0.717, 1.165) is 12.1 Å². The van der Waals surface area contributed by atoms with Gasteiger partial charge in [0.2, 0.25) is 0 Å². The number of carbonyl (C=O) groups excluding carboxylic acids is 1. The van der Waals surface area contributed by atoms with E-state index < -0.39 is 0 Å². The Morgan fingerprint density at radius 1 is 1.21 bits per heavy atom. The fourth-order valence-corrected chi connectivity index (χ4v) is 4.78. The topological polar surface area (TPSA) is 68.7 Å². The maximum absolute atomic E-state index is 12.4. The molecule has 4 rings (SSSR count). The molecule has 148 valence electrons. The van der Waals surface area contributed by atoms with Gasteiger partial charge in [-0.2, -0.15) is 0 Å². The minimum atomic E-state index is -0.143. The second kappa shape index (κ2) is 7.89. The fourth-order valence-electron chi connectivity index (χ4n) is 4.78. The van der Waals surface area contributed by atoms with Crippen molar-refractivity contribution >= 4 is 6.03 Å². The van der Waals surface area contributed by atoms with Crippen molar-refractivity contribution in [2.45, 2.75) is 37.4 Å². The van der Waals surface area contributed by atoms with Crippen LogP contribution in [0.4, 0.5) is 4.79 Å². The number of likely N-dealkylation sites (tertiary alicyclic amines) is 2. The summed E-state index contributed by atoms with van der Waals surface area (Å²) in [5.74, 6) is 0.206. The SMILES string of the molecule is CCCNC(=O)N1CC2(C1)[C@H](c1ccccc1)[C@@H](CO)N2Cc1ccccn1. The summed E-state index contributed by atoms with van der Waals surface area (Å²) < 4.78 is 0. The Labute approximate surface area is 166 Å². The zero-order valence-electron chi connectivity index (χ0n) is 16.3. The number of carbonyl (C=O) groups is 1. The van der Waals surface area contributed by atoms with Gasteiger partial charge in [-0.25, -0.2) is 4.79 Å². The van der Waals surface area contributed by atoms with Gasteiger partial charge in [-0.3, -0.25) is 9.88 Å². The van der Waals surface area contributed by atoms with Gasteiger partial charge in [-0.05, 0) is 24.1 Å². The number of rotatable bonds is 6. The fraction of sp³-hybridized carbons (Fsp3) is 0.455. The molecule has 1 aromatic carbocycles. The molecule has 0 radical (unpaired) electrons. The molecule has 2 saturated heterocycles. The smallest absolute Gasteiger partial charge is 0.317 e. The predicted molar refractivity (Wildman–Crippen MR) is 108 cm³/mol. The number of benzene rings is 1. The number of nitrogens with zero attached hydrogens (tertiary/aromatic N) is 3. The lowest BCUT2D eigenvalue weighted by Crippen LogP contribution is -2.85. The van der Waals surface area contributed by atoms with Gasteiger partial charge in [0.1, 0.15) is 0 Å². The van der Waals surface area contributed by atoms with Crippen molar-refractivity contribution in [1.29, 1.82) is 0 Å². The number of aliphatic hydroxyl groups excluding tert-OH is 1. The Morgan fingerprint density at radius 3 is 2.61 bits per heavy atom. The number of amides is 2. The van der Waals surface area contributed by atoms with Gasteiger partial charge < -0.3 is 15.3 Å². The summed E-state index contributed by atoms with van der Waals surface area (Å²) in [6, 6.07) is 16.3. The van der Waals surface area contributed by atoms with Crippen LogP contribution in [0.2, 0.25) is 0 Å². The van der Waals surface area contributed by atoms with Crippen LogP contribution in [0.3, 0.4) is 0 Å². The van der Waals surface area contributed by atoms with Gasteiger partial charge in [-0.1, -0.05) is 43.3 Å². The molecule has 2 aromatic rings. The van der Waals surface area contributed by atoms with E-state index in [1.165, 1.54) is 5.56 Å². The highest BCUT2D eigenvalue weighted by molar-refractivity contribution is 5.76. The van der Waals surface area contributed by atoms with Crippen LogP contribution in [-0.4, -0.2) is 63.7 Å². The quantitative estimate of drug-likeness (QED) is 0.806. The van der Waals surface area contributed by atoms with E-state index in [-0.39, 0.29) is 30.1 Å². The van der Waals surface area contributed by atoms with Gasteiger partial charge in [0.25, 0.3) is 0 Å². The zero-order chi connectivity index (χ0) is 19.6. The van der Waals surface area contributed by atoms with E-state index in [1.807, 2.05) is 41.3 Å². The Hall–Kier alpha value is -2.44. The largest absolute Gasteiger partial charge is 0.395 e. The van der Waals surface area contributed by atoms with Crippen molar-refractivity contribution in [1.82, 2.24) is 20.1 Å². The lowest BCUT2D eigenvalue weighted by Gasteiger charge is -2.70. The van der Waals surface area contributed by atoms with Crippen LogP contribution in [0.5, 0.6) is 0 Å². The molecule has 0 saturated carbocycles. The normalized spacial score (nSPS) is 23.1. The van der Waals surface area contributed by atoms with Crippen LogP contribution < -0.4 is 5.32 Å². The third-order valence-electron chi connectivity index (χ3n) is 6.08. The summed E-state index contributed by atoms with van der Waals surface area (Å²) >= 11 is 0. The summed E-state index contributed by atoms with van der Waals surface area (Å²) in [7, 11) is 0. The summed E-state index contributed by atoms with van der Waals surface area (Å²) in [4.78, 5) is 21.1. The second-order valence-electron chi connectivity index (χ2n) is 7.78. The molecule has 0 aliphatic carbocycles. The number of urea groups is 1. The summed E-state index contributed by atoms with van der Waals surface area (Å²) in [6.45, 7) is 4.87. The third kappa shape index (κ3) is 3.16. The molecular formula is C22H28N4O2. The van der Waals surface area contributed by atoms with Gasteiger partial charge in [0.05, 0.1) is 17.8 Å². The van der Waals surface area contributed by atoms with Gasteiger partial charge in [0, 0.05) is 44.3 Å². The molecular weight excluding hydrogens is 352 g/mol. The highest BCUT2D eigenvalue weighted by Gasteiger charge is 2.66. The molecule has 0 bridgehead atoms. The number of nitrogens with one attached hydrogen (secondary N) is 1. The van der Waals surface area contributed by atoms with E-state index in [4.69, 9.17) is 0 Å². The van der Waals surface area contributed by atoms with Crippen LogP contribution in [-0.2, 0) is 6.54 Å². The third-order valence-corrected chi connectivity index (χ3v) is 6.08. The van der Waals surface area contributed by atoms with Gasteiger partial charge in [-0.15, -0.1) is 0 Å². The number of aliphatic hydroxyl groups is 1. The Morgan fingerprint density at radius 2 is 1.96 bits per heavy atom. The first-order valence-corrected chi connectivity index (χ1v) is 10.0. The first-order chi connectivity index (χ1) is 13.7.